The lowest BCUT2D eigenvalue weighted by Gasteiger charge is -2.33. The second-order valence-electron chi connectivity index (χ2n) is 7.79. The van der Waals surface area contributed by atoms with Crippen molar-refractivity contribution >= 4 is 5.96 Å². The Morgan fingerprint density at radius 1 is 1.11 bits per heavy atom. The van der Waals surface area contributed by atoms with Crippen LogP contribution in [0.2, 0.25) is 0 Å². The van der Waals surface area contributed by atoms with E-state index in [2.05, 4.69) is 39.2 Å². The van der Waals surface area contributed by atoms with Gasteiger partial charge in [-0.25, -0.2) is 0 Å². The van der Waals surface area contributed by atoms with Crippen LogP contribution in [-0.2, 0) is 13.0 Å². The number of ether oxygens (including phenoxy) is 2. The second kappa shape index (κ2) is 10.0. The number of aliphatic imine (C=N–C) groups is 1. The molecule has 1 fully saturated rings. The largest absolute Gasteiger partial charge is 0.493 e. The molecule has 1 N–H and O–H groups in total. The van der Waals surface area contributed by atoms with Crippen molar-refractivity contribution < 1.29 is 9.47 Å². The summed E-state index contributed by atoms with van der Waals surface area (Å²) in [6, 6.07) is 4.22. The molecule has 0 aromatic heterocycles. The highest BCUT2D eigenvalue weighted by Gasteiger charge is 2.22. The summed E-state index contributed by atoms with van der Waals surface area (Å²) < 4.78 is 10.9. The van der Waals surface area contributed by atoms with E-state index in [1.54, 1.807) is 14.2 Å². The van der Waals surface area contributed by atoms with Crippen molar-refractivity contribution in [2.24, 2.45) is 10.9 Å². The van der Waals surface area contributed by atoms with E-state index < -0.39 is 0 Å². The average molecular weight is 389 g/mol. The van der Waals surface area contributed by atoms with E-state index in [9.17, 15) is 0 Å². The molecule has 0 radical (unpaired) electrons. The lowest BCUT2D eigenvalue weighted by Crippen LogP contribution is -2.44. The Hall–Kier alpha value is -1.95. The van der Waals surface area contributed by atoms with Crippen molar-refractivity contribution in [2.75, 3.05) is 54.0 Å². The molecule has 0 spiro atoms. The highest BCUT2D eigenvalue weighted by Crippen LogP contribution is 2.33. The lowest BCUT2D eigenvalue weighted by atomic mass is 9.93. The third-order valence-electron chi connectivity index (χ3n) is 6.22. The maximum atomic E-state index is 5.48. The summed E-state index contributed by atoms with van der Waals surface area (Å²) in [5.74, 6) is 3.45. The minimum atomic E-state index is 0.796. The van der Waals surface area contributed by atoms with E-state index in [0.717, 1.165) is 49.4 Å². The number of nitrogens with zero attached hydrogens (tertiary/aromatic N) is 3. The van der Waals surface area contributed by atoms with Gasteiger partial charge in [-0.1, -0.05) is 6.92 Å². The first kappa shape index (κ1) is 20.8. The number of fused-ring (bicyclic) bond motifs is 1. The molecular formula is C22H36N4O2. The van der Waals surface area contributed by atoms with Gasteiger partial charge >= 0.3 is 0 Å². The molecule has 0 bridgehead atoms. The number of guanidine groups is 1. The van der Waals surface area contributed by atoms with Crippen LogP contribution in [0.4, 0.5) is 0 Å². The first-order valence-electron chi connectivity index (χ1n) is 10.6. The molecule has 0 unspecified atom stereocenters. The quantitative estimate of drug-likeness (QED) is 0.600. The van der Waals surface area contributed by atoms with Gasteiger partial charge in [0.15, 0.2) is 17.5 Å². The van der Waals surface area contributed by atoms with Crippen LogP contribution in [0.15, 0.2) is 17.1 Å². The number of piperidine rings is 1. The zero-order valence-electron chi connectivity index (χ0n) is 18.0. The molecule has 3 rings (SSSR count). The fourth-order valence-corrected chi connectivity index (χ4v) is 4.38. The molecule has 0 saturated carbocycles. The topological polar surface area (TPSA) is 49.3 Å². The van der Waals surface area contributed by atoms with E-state index in [1.807, 2.05) is 7.05 Å². The molecule has 28 heavy (non-hydrogen) atoms. The molecule has 0 amide bonds. The van der Waals surface area contributed by atoms with Gasteiger partial charge in [0.05, 0.1) is 14.2 Å². The van der Waals surface area contributed by atoms with Crippen molar-refractivity contribution in [3.8, 4) is 11.5 Å². The number of likely N-dealkylation sites (tertiary alicyclic amines) is 1. The molecule has 0 atom stereocenters. The average Bonchev–Trinajstić information content (AvgIpc) is 2.75. The second-order valence-corrected chi connectivity index (χ2v) is 7.79. The van der Waals surface area contributed by atoms with Crippen molar-refractivity contribution in [3.05, 3.63) is 23.3 Å². The Labute approximate surface area is 169 Å². The molecule has 2 aliphatic rings. The summed E-state index contributed by atoms with van der Waals surface area (Å²) in [4.78, 5) is 9.43. The van der Waals surface area contributed by atoms with Gasteiger partial charge in [-0.2, -0.15) is 0 Å². The molecule has 2 aliphatic heterocycles. The molecular weight excluding hydrogens is 352 g/mol. The van der Waals surface area contributed by atoms with Crippen LogP contribution in [0, 0.1) is 5.92 Å². The Morgan fingerprint density at radius 3 is 2.39 bits per heavy atom. The number of rotatable bonds is 6. The Balaban J connectivity index is 1.53. The Kier molecular flexibility index (Phi) is 7.43. The molecule has 1 saturated heterocycles. The predicted molar refractivity (Wildman–Crippen MR) is 114 cm³/mol. The molecule has 156 valence electrons. The Morgan fingerprint density at radius 2 is 1.79 bits per heavy atom. The zero-order valence-corrected chi connectivity index (χ0v) is 18.0. The zero-order chi connectivity index (χ0) is 19.9. The van der Waals surface area contributed by atoms with Crippen molar-refractivity contribution in [1.82, 2.24) is 15.1 Å². The SMILES string of the molecule is CCN1CCC(CCNC(=NC)N2CCc3cc(OC)c(OC)cc3C2)CC1. The first-order chi connectivity index (χ1) is 13.7. The summed E-state index contributed by atoms with van der Waals surface area (Å²) >= 11 is 0. The van der Waals surface area contributed by atoms with Crippen LogP contribution in [0.3, 0.4) is 0 Å². The number of benzene rings is 1. The number of methoxy groups -OCH3 is 2. The molecule has 1 aromatic rings. The molecule has 1 aromatic carbocycles. The number of hydrogen-bond donors (Lipinski definition) is 1. The first-order valence-corrected chi connectivity index (χ1v) is 10.6. The third-order valence-corrected chi connectivity index (χ3v) is 6.22. The van der Waals surface area contributed by atoms with Crippen molar-refractivity contribution in [2.45, 2.75) is 39.2 Å². The smallest absolute Gasteiger partial charge is 0.193 e. The fraction of sp³-hybridized carbons (Fsp3) is 0.682. The van der Waals surface area contributed by atoms with Crippen LogP contribution in [0.25, 0.3) is 0 Å². The number of nitrogens with one attached hydrogen (secondary N) is 1. The van der Waals surface area contributed by atoms with Gasteiger partial charge in [0.25, 0.3) is 0 Å². The highest BCUT2D eigenvalue weighted by atomic mass is 16.5. The van der Waals surface area contributed by atoms with Gasteiger partial charge in [0, 0.05) is 26.7 Å². The van der Waals surface area contributed by atoms with Crippen molar-refractivity contribution in [1.29, 1.82) is 0 Å². The monoisotopic (exact) mass is 388 g/mol. The summed E-state index contributed by atoms with van der Waals surface area (Å²) in [6.07, 6.45) is 4.87. The van der Waals surface area contributed by atoms with Gasteiger partial charge in [-0.05, 0) is 74.5 Å². The normalized spacial score (nSPS) is 18.7. The van der Waals surface area contributed by atoms with Gasteiger partial charge < -0.3 is 24.6 Å². The van der Waals surface area contributed by atoms with E-state index >= 15 is 0 Å². The predicted octanol–water partition coefficient (Wildman–Crippen LogP) is 2.76. The molecule has 6 nitrogen and oxygen atoms in total. The van der Waals surface area contributed by atoms with E-state index in [4.69, 9.17) is 9.47 Å². The van der Waals surface area contributed by atoms with Gasteiger partial charge in [0.2, 0.25) is 0 Å². The minimum absolute atomic E-state index is 0.796. The van der Waals surface area contributed by atoms with Crippen LogP contribution < -0.4 is 14.8 Å². The van der Waals surface area contributed by atoms with Crippen LogP contribution in [0.1, 0.15) is 37.3 Å². The van der Waals surface area contributed by atoms with Crippen LogP contribution >= 0.6 is 0 Å². The maximum absolute atomic E-state index is 5.48. The molecule has 0 aliphatic carbocycles. The van der Waals surface area contributed by atoms with Crippen LogP contribution in [-0.4, -0.2) is 69.8 Å². The van der Waals surface area contributed by atoms with Crippen LogP contribution in [0.5, 0.6) is 11.5 Å². The van der Waals surface area contributed by atoms with Gasteiger partial charge in [0.1, 0.15) is 0 Å². The van der Waals surface area contributed by atoms with E-state index in [1.165, 1.54) is 50.0 Å². The summed E-state index contributed by atoms with van der Waals surface area (Å²) in [6.45, 7) is 8.77. The van der Waals surface area contributed by atoms with Gasteiger partial charge in [-0.15, -0.1) is 0 Å². The van der Waals surface area contributed by atoms with Gasteiger partial charge in [-0.3, -0.25) is 4.99 Å². The highest BCUT2D eigenvalue weighted by molar-refractivity contribution is 5.80. The molecule has 6 heteroatoms. The summed E-state index contributed by atoms with van der Waals surface area (Å²) in [7, 11) is 5.26. The van der Waals surface area contributed by atoms with E-state index in [0.29, 0.717) is 0 Å². The van der Waals surface area contributed by atoms with Crippen molar-refractivity contribution in [3.63, 3.8) is 0 Å². The number of hydrogen-bond acceptors (Lipinski definition) is 4. The summed E-state index contributed by atoms with van der Waals surface area (Å²) in [5, 5.41) is 3.60. The Bertz CT molecular complexity index is 669. The minimum Gasteiger partial charge on any atom is -0.493 e. The molecule has 2 heterocycles. The fourth-order valence-electron chi connectivity index (χ4n) is 4.38. The summed E-state index contributed by atoms with van der Waals surface area (Å²) in [5.41, 5.74) is 2.63. The maximum Gasteiger partial charge on any atom is 0.193 e. The van der Waals surface area contributed by atoms with E-state index in [-0.39, 0.29) is 0 Å². The standard InChI is InChI=1S/C22H36N4O2/c1-5-25-11-7-17(8-12-25)6-10-24-22(23-2)26-13-9-18-14-20(27-3)21(28-4)15-19(18)16-26/h14-15,17H,5-13,16H2,1-4H3,(H,23,24). The third kappa shape index (κ3) is 4.90. The lowest BCUT2D eigenvalue weighted by molar-refractivity contribution is 0.187.